The maximum Gasteiger partial charge on any atom is 0.246 e. The molecule has 1 amide bonds. The maximum atomic E-state index is 12.0. The Morgan fingerprint density at radius 2 is 1.95 bits per heavy atom. The minimum absolute atomic E-state index is 0.108. The number of nitrogens with two attached hydrogens (primary N) is 1. The zero-order chi connectivity index (χ0) is 14.7. The summed E-state index contributed by atoms with van der Waals surface area (Å²) in [7, 11) is 0. The Balaban J connectivity index is 1.99. The first-order valence-corrected chi connectivity index (χ1v) is 6.88. The highest BCUT2D eigenvalue weighted by molar-refractivity contribution is 5.88. The number of nitrogen functional groups attached to an aromatic ring is 1. The average Bonchev–Trinajstić information content (AvgIpc) is 2.41. The monoisotopic (exact) mass is 274 g/mol. The summed E-state index contributed by atoms with van der Waals surface area (Å²) in [5.41, 5.74) is 8.84. The molecule has 1 saturated heterocycles. The minimum Gasteiger partial charge on any atom is -0.383 e. The molecule has 5 nitrogen and oxygen atoms in total. The summed E-state index contributed by atoms with van der Waals surface area (Å²) in [4.78, 5) is 20.3. The van der Waals surface area contributed by atoms with Crippen LogP contribution < -0.4 is 10.6 Å². The van der Waals surface area contributed by atoms with Crippen LogP contribution in [0.25, 0.3) is 0 Å². The van der Waals surface area contributed by atoms with E-state index in [4.69, 9.17) is 5.73 Å². The summed E-state index contributed by atoms with van der Waals surface area (Å²) in [6.45, 7) is 8.98. The van der Waals surface area contributed by atoms with E-state index in [0.29, 0.717) is 5.82 Å². The van der Waals surface area contributed by atoms with Crippen molar-refractivity contribution >= 4 is 17.4 Å². The third kappa shape index (κ3) is 3.29. The van der Waals surface area contributed by atoms with Crippen molar-refractivity contribution in [2.45, 2.75) is 20.8 Å². The van der Waals surface area contributed by atoms with Gasteiger partial charge in [0.05, 0.1) is 11.9 Å². The molecule has 1 aliphatic heterocycles. The van der Waals surface area contributed by atoms with Crippen molar-refractivity contribution in [2.75, 3.05) is 36.8 Å². The van der Waals surface area contributed by atoms with Gasteiger partial charge < -0.3 is 15.5 Å². The quantitative estimate of drug-likeness (QED) is 0.832. The fraction of sp³-hybridized carbons (Fsp3) is 0.467. The van der Waals surface area contributed by atoms with Gasteiger partial charge in [0.2, 0.25) is 5.91 Å². The predicted molar refractivity (Wildman–Crippen MR) is 81.6 cm³/mol. The van der Waals surface area contributed by atoms with Crippen molar-refractivity contribution in [3.8, 4) is 0 Å². The Hall–Kier alpha value is -2.04. The lowest BCUT2D eigenvalue weighted by Crippen LogP contribution is -2.48. The first-order valence-electron chi connectivity index (χ1n) is 6.88. The van der Waals surface area contributed by atoms with Crippen molar-refractivity contribution in [1.29, 1.82) is 0 Å². The summed E-state index contributed by atoms with van der Waals surface area (Å²) < 4.78 is 0. The second-order valence-electron chi connectivity index (χ2n) is 5.43. The summed E-state index contributed by atoms with van der Waals surface area (Å²) >= 11 is 0. The van der Waals surface area contributed by atoms with Gasteiger partial charge in [-0.05, 0) is 32.4 Å². The molecular formula is C15H22N4O. The van der Waals surface area contributed by atoms with Crippen LogP contribution in [0.4, 0.5) is 11.5 Å². The Morgan fingerprint density at radius 3 is 2.50 bits per heavy atom. The number of piperazine rings is 1. The fourth-order valence-electron chi connectivity index (χ4n) is 2.27. The van der Waals surface area contributed by atoms with E-state index in [1.54, 1.807) is 12.3 Å². The molecule has 2 N–H and O–H groups in total. The predicted octanol–water partition coefficient (Wildman–Crippen LogP) is 1.59. The van der Waals surface area contributed by atoms with E-state index in [0.717, 1.165) is 43.0 Å². The van der Waals surface area contributed by atoms with E-state index in [1.807, 2.05) is 25.7 Å². The first kappa shape index (κ1) is 14.4. The van der Waals surface area contributed by atoms with Gasteiger partial charge in [0.15, 0.2) is 0 Å². The van der Waals surface area contributed by atoms with Crippen molar-refractivity contribution in [3.63, 3.8) is 0 Å². The largest absolute Gasteiger partial charge is 0.383 e. The molecule has 2 heterocycles. The zero-order valence-electron chi connectivity index (χ0n) is 12.4. The van der Waals surface area contributed by atoms with Gasteiger partial charge in [0, 0.05) is 32.3 Å². The van der Waals surface area contributed by atoms with E-state index in [1.165, 1.54) is 0 Å². The number of carbonyl (C=O) groups excluding carboxylic acids is 1. The van der Waals surface area contributed by atoms with Gasteiger partial charge in [0.25, 0.3) is 0 Å². The van der Waals surface area contributed by atoms with E-state index in [2.05, 4.69) is 16.0 Å². The molecule has 0 unspecified atom stereocenters. The molecule has 5 heteroatoms. The van der Waals surface area contributed by atoms with E-state index >= 15 is 0 Å². The molecule has 2 rings (SSSR count). The van der Waals surface area contributed by atoms with Gasteiger partial charge in [-0.2, -0.15) is 0 Å². The van der Waals surface area contributed by atoms with Crippen LogP contribution in [0.3, 0.4) is 0 Å². The number of aromatic nitrogens is 1. The van der Waals surface area contributed by atoms with Gasteiger partial charge in [-0.1, -0.05) is 5.57 Å². The molecule has 108 valence electrons. The molecule has 0 aromatic carbocycles. The molecule has 0 aliphatic carbocycles. The third-order valence-electron chi connectivity index (χ3n) is 3.47. The lowest BCUT2D eigenvalue weighted by atomic mass is 10.2. The molecule has 0 bridgehead atoms. The molecule has 1 aromatic heterocycles. The Kier molecular flexibility index (Phi) is 4.27. The highest BCUT2D eigenvalue weighted by Crippen LogP contribution is 2.19. The summed E-state index contributed by atoms with van der Waals surface area (Å²) in [5.74, 6) is 0.683. The number of hydrogen-bond donors (Lipinski definition) is 1. The van der Waals surface area contributed by atoms with Crippen LogP contribution in [-0.4, -0.2) is 42.0 Å². The van der Waals surface area contributed by atoms with Crippen LogP contribution in [0, 0.1) is 6.92 Å². The van der Waals surface area contributed by atoms with Crippen LogP contribution >= 0.6 is 0 Å². The van der Waals surface area contributed by atoms with Crippen LogP contribution in [0.1, 0.15) is 19.4 Å². The van der Waals surface area contributed by atoms with Crippen molar-refractivity contribution in [3.05, 3.63) is 29.5 Å². The lowest BCUT2D eigenvalue weighted by molar-refractivity contribution is -0.126. The van der Waals surface area contributed by atoms with Crippen LogP contribution in [0.2, 0.25) is 0 Å². The molecule has 1 fully saturated rings. The summed E-state index contributed by atoms with van der Waals surface area (Å²) in [5, 5.41) is 0. The second-order valence-corrected chi connectivity index (χ2v) is 5.43. The topological polar surface area (TPSA) is 62.5 Å². The molecule has 1 aliphatic rings. The second kappa shape index (κ2) is 5.94. The Labute approximate surface area is 120 Å². The standard InChI is InChI=1S/C15H22N4O/c1-11(2)8-14(20)19-6-4-18(5-7-19)13-9-12(3)15(16)17-10-13/h8-10H,4-7H2,1-3H3,(H2,16,17). The van der Waals surface area contributed by atoms with Gasteiger partial charge in [0.1, 0.15) is 5.82 Å². The minimum atomic E-state index is 0.108. The van der Waals surface area contributed by atoms with Gasteiger partial charge >= 0.3 is 0 Å². The average molecular weight is 274 g/mol. The maximum absolute atomic E-state index is 12.0. The molecule has 0 atom stereocenters. The van der Waals surface area contributed by atoms with Gasteiger partial charge in [-0.15, -0.1) is 0 Å². The Morgan fingerprint density at radius 1 is 1.30 bits per heavy atom. The van der Waals surface area contributed by atoms with E-state index in [9.17, 15) is 4.79 Å². The van der Waals surface area contributed by atoms with Gasteiger partial charge in [-0.3, -0.25) is 4.79 Å². The summed E-state index contributed by atoms with van der Waals surface area (Å²) in [6, 6.07) is 2.05. The van der Waals surface area contributed by atoms with Crippen molar-refractivity contribution < 1.29 is 4.79 Å². The number of amides is 1. The smallest absolute Gasteiger partial charge is 0.246 e. The molecule has 0 spiro atoms. The number of nitrogens with zero attached hydrogens (tertiary/aromatic N) is 3. The molecule has 1 aromatic rings. The third-order valence-corrected chi connectivity index (χ3v) is 3.47. The van der Waals surface area contributed by atoms with Gasteiger partial charge in [-0.25, -0.2) is 4.98 Å². The number of allylic oxidation sites excluding steroid dienone is 1. The van der Waals surface area contributed by atoms with E-state index in [-0.39, 0.29) is 5.91 Å². The number of aryl methyl sites for hydroxylation is 1. The highest BCUT2D eigenvalue weighted by Gasteiger charge is 2.20. The van der Waals surface area contributed by atoms with Crippen molar-refractivity contribution in [2.24, 2.45) is 0 Å². The molecule has 20 heavy (non-hydrogen) atoms. The SMILES string of the molecule is CC(C)=CC(=O)N1CCN(c2cnc(N)c(C)c2)CC1. The highest BCUT2D eigenvalue weighted by atomic mass is 16.2. The number of hydrogen-bond acceptors (Lipinski definition) is 4. The zero-order valence-corrected chi connectivity index (χ0v) is 12.4. The molecule has 0 saturated carbocycles. The van der Waals surface area contributed by atoms with Crippen LogP contribution in [0.5, 0.6) is 0 Å². The van der Waals surface area contributed by atoms with Crippen LogP contribution in [0.15, 0.2) is 23.9 Å². The number of pyridine rings is 1. The number of carbonyl (C=O) groups is 1. The normalized spacial score (nSPS) is 15.2. The first-order chi connectivity index (χ1) is 9.47. The lowest BCUT2D eigenvalue weighted by Gasteiger charge is -2.35. The van der Waals surface area contributed by atoms with Crippen LogP contribution in [-0.2, 0) is 4.79 Å². The summed E-state index contributed by atoms with van der Waals surface area (Å²) in [6.07, 6.45) is 3.50. The fourth-order valence-corrected chi connectivity index (χ4v) is 2.27. The number of rotatable bonds is 2. The number of anilines is 2. The van der Waals surface area contributed by atoms with E-state index < -0.39 is 0 Å². The van der Waals surface area contributed by atoms with Crippen molar-refractivity contribution in [1.82, 2.24) is 9.88 Å². The molecular weight excluding hydrogens is 252 g/mol. The Bertz CT molecular complexity index is 527. The molecule has 0 radical (unpaired) electrons.